The molecule has 3 rings (SSSR count). The first-order valence-electron chi connectivity index (χ1n) is 7.69. The highest BCUT2D eigenvalue weighted by molar-refractivity contribution is 5.91. The second-order valence-corrected chi connectivity index (χ2v) is 5.75. The molecule has 5 nitrogen and oxygen atoms in total. The van der Waals surface area contributed by atoms with E-state index in [1.807, 2.05) is 31.2 Å². The number of carbonyl (C=O) groups is 1. The topological polar surface area (TPSA) is 70.7 Å². The Morgan fingerprint density at radius 3 is 2.64 bits per heavy atom. The van der Waals surface area contributed by atoms with E-state index in [1.165, 1.54) is 0 Å². The van der Waals surface area contributed by atoms with Crippen LogP contribution in [0.3, 0.4) is 0 Å². The third kappa shape index (κ3) is 4.69. The Kier molecular flexibility index (Phi) is 4.83. The molecule has 0 aliphatic rings. The van der Waals surface area contributed by atoms with E-state index in [9.17, 15) is 13.6 Å². The highest BCUT2D eigenvalue weighted by Crippen LogP contribution is 2.13. The molecule has 0 bridgehead atoms. The number of carbonyl (C=O) groups excluding carboxylic acids is 1. The first-order valence-corrected chi connectivity index (χ1v) is 7.69. The Labute approximate surface area is 143 Å². The summed E-state index contributed by atoms with van der Waals surface area (Å²) >= 11 is 0. The van der Waals surface area contributed by atoms with Crippen LogP contribution >= 0.6 is 0 Å². The highest BCUT2D eigenvalue weighted by Gasteiger charge is 2.11. The summed E-state index contributed by atoms with van der Waals surface area (Å²) in [6.45, 7) is 2.01. The van der Waals surface area contributed by atoms with E-state index < -0.39 is 17.5 Å². The average Bonchev–Trinajstić information content (AvgIpc) is 2.92. The van der Waals surface area contributed by atoms with Gasteiger partial charge in [-0.1, -0.05) is 29.8 Å². The summed E-state index contributed by atoms with van der Waals surface area (Å²) in [6, 6.07) is 10.8. The minimum absolute atomic E-state index is 0.0537. The van der Waals surface area contributed by atoms with Gasteiger partial charge in [0.15, 0.2) is 5.82 Å². The molecule has 7 heteroatoms. The lowest BCUT2D eigenvalue weighted by Gasteiger charge is -2.04. The Balaban J connectivity index is 1.61. The maximum Gasteiger partial charge on any atom is 0.232 e. The summed E-state index contributed by atoms with van der Waals surface area (Å²) in [5.74, 6) is -1.00. The highest BCUT2D eigenvalue weighted by atomic mass is 19.1. The number of nitrogens with zero attached hydrogens (tertiary/aromatic N) is 2. The fourth-order valence-corrected chi connectivity index (χ4v) is 2.48. The lowest BCUT2D eigenvalue weighted by molar-refractivity contribution is -0.115. The van der Waals surface area contributed by atoms with Crippen LogP contribution in [0.25, 0.3) is 0 Å². The van der Waals surface area contributed by atoms with E-state index in [0.29, 0.717) is 18.1 Å². The molecule has 2 N–H and O–H groups in total. The number of anilines is 1. The van der Waals surface area contributed by atoms with Crippen LogP contribution in [-0.4, -0.2) is 21.1 Å². The predicted molar refractivity (Wildman–Crippen MR) is 89.1 cm³/mol. The van der Waals surface area contributed by atoms with E-state index in [1.54, 1.807) is 0 Å². The number of nitrogens with one attached hydrogen (secondary N) is 2. The van der Waals surface area contributed by atoms with Crippen molar-refractivity contribution < 1.29 is 13.6 Å². The zero-order valence-corrected chi connectivity index (χ0v) is 13.5. The summed E-state index contributed by atoms with van der Waals surface area (Å²) in [4.78, 5) is 16.2. The molecule has 0 radical (unpaired) electrons. The number of H-pyrrole nitrogens is 1. The van der Waals surface area contributed by atoms with Crippen LogP contribution in [0.15, 0.2) is 42.5 Å². The van der Waals surface area contributed by atoms with Gasteiger partial charge in [0.05, 0.1) is 6.42 Å². The van der Waals surface area contributed by atoms with Crippen LogP contribution in [0.2, 0.25) is 0 Å². The average molecular weight is 342 g/mol. The van der Waals surface area contributed by atoms with Crippen molar-refractivity contribution in [1.29, 1.82) is 0 Å². The van der Waals surface area contributed by atoms with Crippen LogP contribution < -0.4 is 5.32 Å². The SMILES string of the molecule is Cc1cccc(Cc2nc(CC(=O)Nc3cc(F)cc(F)c3)n[nH]2)c1. The van der Waals surface area contributed by atoms with Gasteiger partial charge in [0.25, 0.3) is 0 Å². The van der Waals surface area contributed by atoms with E-state index >= 15 is 0 Å². The summed E-state index contributed by atoms with van der Waals surface area (Å²) in [7, 11) is 0. The third-order valence-electron chi connectivity index (χ3n) is 3.50. The van der Waals surface area contributed by atoms with Gasteiger partial charge in [0.2, 0.25) is 5.91 Å². The quantitative estimate of drug-likeness (QED) is 0.748. The van der Waals surface area contributed by atoms with Gasteiger partial charge in [-0.3, -0.25) is 9.89 Å². The summed E-state index contributed by atoms with van der Waals surface area (Å²) in [5.41, 5.74) is 2.29. The third-order valence-corrected chi connectivity index (χ3v) is 3.50. The number of benzene rings is 2. The van der Waals surface area contributed by atoms with Gasteiger partial charge in [0.1, 0.15) is 17.5 Å². The molecule has 0 fully saturated rings. The Morgan fingerprint density at radius 2 is 1.92 bits per heavy atom. The van der Waals surface area contributed by atoms with Gasteiger partial charge in [-0.2, -0.15) is 5.10 Å². The monoisotopic (exact) mass is 342 g/mol. The Morgan fingerprint density at radius 1 is 1.16 bits per heavy atom. The number of hydrogen-bond acceptors (Lipinski definition) is 3. The second-order valence-electron chi connectivity index (χ2n) is 5.75. The number of amides is 1. The van der Waals surface area contributed by atoms with Crippen LogP contribution in [0.1, 0.15) is 22.8 Å². The van der Waals surface area contributed by atoms with Crippen molar-refractivity contribution in [3.8, 4) is 0 Å². The number of aromatic amines is 1. The van der Waals surface area contributed by atoms with Gasteiger partial charge in [-0.15, -0.1) is 0 Å². The number of aryl methyl sites for hydroxylation is 1. The number of halogens is 2. The summed E-state index contributed by atoms with van der Waals surface area (Å²) in [5, 5.41) is 9.23. The van der Waals surface area contributed by atoms with E-state index in [0.717, 1.165) is 29.3 Å². The molecule has 0 saturated carbocycles. The normalized spacial score (nSPS) is 10.7. The molecule has 128 valence electrons. The molecule has 0 saturated heterocycles. The zero-order valence-electron chi connectivity index (χ0n) is 13.5. The summed E-state index contributed by atoms with van der Waals surface area (Å²) < 4.78 is 26.2. The van der Waals surface area contributed by atoms with Crippen LogP contribution in [0.4, 0.5) is 14.5 Å². The van der Waals surface area contributed by atoms with Gasteiger partial charge >= 0.3 is 0 Å². The van der Waals surface area contributed by atoms with Gasteiger partial charge in [0, 0.05) is 18.2 Å². The van der Waals surface area contributed by atoms with Gasteiger partial charge in [-0.25, -0.2) is 13.8 Å². The van der Waals surface area contributed by atoms with E-state index in [4.69, 9.17) is 0 Å². The van der Waals surface area contributed by atoms with Crippen LogP contribution in [0, 0.1) is 18.6 Å². The molecule has 0 aliphatic carbocycles. The van der Waals surface area contributed by atoms with Crippen molar-refractivity contribution in [2.24, 2.45) is 0 Å². The first kappa shape index (κ1) is 16.8. The van der Waals surface area contributed by atoms with Crippen LogP contribution in [-0.2, 0) is 17.6 Å². The summed E-state index contributed by atoms with van der Waals surface area (Å²) in [6.07, 6.45) is 0.480. The van der Waals surface area contributed by atoms with Crippen molar-refractivity contribution >= 4 is 11.6 Å². The number of rotatable bonds is 5. The fraction of sp³-hybridized carbons (Fsp3) is 0.167. The molecule has 25 heavy (non-hydrogen) atoms. The van der Waals surface area contributed by atoms with Gasteiger partial charge in [-0.05, 0) is 24.6 Å². The van der Waals surface area contributed by atoms with Crippen LogP contribution in [0.5, 0.6) is 0 Å². The second kappa shape index (κ2) is 7.21. The largest absolute Gasteiger partial charge is 0.325 e. The van der Waals surface area contributed by atoms with Crippen molar-refractivity contribution in [3.05, 3.63) is 76.9 Å². The van der Waals surface area contributed by atoms with E-state index in [2.05, 4.69) is 20.5 Å². The Bertz CT molecular complexity index is 887. The van der Waals surface area contributed by atoms with Crippen molar-refractivity contribution in [1.82, 2.24) is 15.2 Å². The molecular formula is C18H16F2N4O. The maximum atomic E-state index is 13.1. The lowest BCUT2D eigenvalue weighted by Crippen LogP contribution is -2.15. The van der Waals surface area contributed by atoms with Crippen molar-refractivity contribution in [2.75, 3.05) is 5.32 Å². The van der Waals surface area contributed by atoms with Crippen molar-refractivity contribution in [3.63, 3.8) is 0 Å². The predicted octanol–water partition coefficient (Wildman–Crippen LogP) is 3.16. The minimum Gasteiger partial charge on any atom is -0.325 e. The molecule has 3 aromatic rings. The van der Waals surface area contributed by atoms with Gasteiger partial charge < -0.3 is 5.32 Å². The maximum absolute atomic E-state index is 13.1. The molecule has 0 atom stereocenters. The zero-order chi connectivity index (χ0) is 17.8. The molecular weight excluding hydrogens is 326 g/mol. The molecule has 0 spiro atoms. The van der Waals surface area contributed by atoms with Crippen molar-refractivity contribution in [2.45, 2.75) is 19.8 Å². The molecule has 1 amide bonds. The number of hydrogen-bond donors (Lipinski definition) is 2. The molecule has 2 aromatic carbocycles. The smallest absolute Gasteiger partial charge is 0.232 e. The molecule has 1 heterocycles. The fourth-order valence-electron chi connectivity index (χ4n) is 2.48. The first-order chi connectivity index (χ1) is 12.0. The van der Waals surface area contributed by atoms with E-state index in [-0.39, 0.29) is 12.1 Å². The molecule has 1 aromatic heterocycles. The molecule has 0 unspecified atom stereocenters. The number of aromatic nitrogens is 3. The molecule has 0 aliphatic heterocycles. The standard InChI is InChI=1S/C18H16F2N4O/c1-11-3-2-4-12(5-11)6-16-22-17(24-23-16)10-18(25)21-15-8-13(19)7-14(20)9-15/h2-5,7-9H,6,10H2,1H3,(H,21,25)(H,22,23,24). The lowest BCUT2D eigenvalue weighted by atomic mass is 10.1. The minimum atomic E-state index is -0.756. The Hall–Kier alpha value is -3.09.